The van der Waals surface area contributed by atoms with Gasteiger partial charge in [-0.15, -0.1) is 0 Å². The van der Waals surface area contributed by atoms with Crippen molar-refractivity contribution in [2.75, 3.05) is 20.0 Å². The van der Waals surface area contributed by atoms with Crippen molar-refractivity contribution in [3.05, 3.63) is 447 Å². The molecule has 4 nitrogen and oxygen atoms in total. The number of hydrogen-bond donors (Lipinski definition) is 1. The zero-order chi connectivity index (χ0) is 70.5. The first kappa shape index (κ1) is 66.2. The van der Waals surface area contributed by atoms with Gasteiger partial charge >= 0.3 is 0 Å². The molecule has 0 unspecified atom stereocenters. The highest BCUT2D eigenvalue weighted by Crippen LogP contribution is 2.48. The number of rotatable bonds is 15. The average molecular weight is 1410 g/mol. The van der Waals surface area contributed by atoms with Gasteiger partial charge in [-0.05, 0) is 222 Å². The second-order valence-corrected chi connectivity index (χ2v) is 26.6. The van der Waals surface area contributed by atoms with Crippen LogP contribution in [0.5, 0.6) is 0 Å². The van der Waals surface area contributed by atoms with Crippen LogP contribution in [0.2, 0.25) is 0 Å². The molecule has 18 rings (SSSR count). The summed E-state index contributed by atoms with van der Waals surface area (Å²) < 4.78 is 1.09. The predicted molar refractivity (Wildman–Crippen MR) is 452 cm³/mol. The lowest BCUT2D eigenvalue weighted by molar-refractivity contribution is 1.26. The van der Waals surface area contributed by atoms with E-state index in [1.54, 1.807) is 0 Å². The Kier molecular flexibility index (Phi) is 19.7. The van der Waals surface area contributed by atoms with Gasteiger partial charge in [-0.1, -0.05) is 277 Å². The second-order valence-electron chi connectivity index (χ2n) is 25.6. The van der Waals surface area contributed by atoms with Gasteiger partial charge in [-0.2, -0.15) is 0 Å². The Morgan fingerprint density at radius 3 is 0.886 bits per heavy atom. The molecule has 1 aliphatic rings. The molecular formula is C100H72BrN4+. The van der Waals surface area contributed by atoms with Gasteiger partial charge in [0.05, 0.1) is 17.7 Å². The monoisotopic (exact) mass is 1410 g/mol. The van der Waals surface area contributed by atoms with E-state index in [1.165, 1.54) is 87.6 Å². The molecule has 0 atom stereocenters. The van der Waals surface area contributed by atoms with E-state index in [1.807, 2.05) is 42.5 Å². The number of hydrogen-bond acceptors (Lipinski definition) is 4. The van der Waals surface area contributed by atoms with Crippen molar-refractivity contribution in [3.8, 4) is 33.4 Å². The van der Waals surface area contributed by atoms with Gasteiger partial charge in [-0.3, -0.25) is 0 Å². The van der Waals surface area contributed by atoms with Gasteiger partial charge in [0.1, 0.15) is 12.2 Å². The lowest BCUT2D eigenvalue weighted by Crippen LogP contribution is -2.12. The largest absolute Gasteiger partial charge is 0.356 e. The summed E-state index contributed by atoms with van der Waals surface area (Å²) in [7, 11) is 0. The fourth-order valence-corrected chi connectivity index (χ4v) is 14.8. The summed E-state index contributed by atoms with van der Waals surface area (Å²) in [4.78, 5) is 6.92. The summed E-state index contributed by atoms with van der Waals surface area (Å²) in [5, 5.41) is 13.5. The van der Waals surface area contributed by atoms with Gasteiger partial charge in [0.2, 0.25) is 0 Å². The summed E-state index contributed by atoms with van der Waals surface area (Å²) >= 11 is 3.68. The minimum atomic E-state index is 1.07. The van der Waals surface area contributed by atoms with E-state index in [-0.39, 0.29) is 0 Å². The molecule has 5 heteroatoms. The number of anilines is 11. The highest BCUT2D eigenvalue weighted by atomic mass is 79.9. The Hall–Kier alpha value is -13.4. The molecule has 0 amide bonds. The van der Waals surface area contributed by atoms with Crippen LogP contribution in [0.3, 0.4) is 0 Å². The third kappa shape index (κ3) is 14.3. The fourth-order valence-electron chi connectivity index (χ4n) is 14.4. The molecule has 0 saturated carbocycles. The van der Waals surface area contributed by atoms with Crippen LogP contribution in [0, 0.1) is 6.08 Å². The van der Waals surface area contributed by atoms with Crippen LogP contribution in [-0.2, 0) is 0 Å². The van der Waals surface area contributed by atoms with E-state index >= 15 is 0 Å². The van der Waals surface area contributed by atoms with Crippen LogP contribution in [-0.4, -0.2) is 0 Å². The minimum absolute atomic E-state index is 1.07. The Morgan fingerprint density at radius 2 is 0.505 bits per heavy atom. The normalized spacial score (nSPS) is 11.4. The van der Waals surface area contributed by atoms with Crippen molar-refractivity contribution >= 4 is 127 Å². The highest BCUT2D eigenvalue weighted by Gasteiger charge is 2.23. The zero-order valence-corrected chi connectivity index (χ0v) is 59.3. The maximum absolute atomic E-state index is 3.68. The first-order valence-electron chi connectivity index (χ1n) is 35.5. The summed E-state index contributed by atoms with van der Waals surface area (Å²) in [6, 6.07) is 144. The molecule has 498 valence electrons. The lowest BCUT2D eigenvalue weighted by atomic mass is 9.85. The topological polar surface area (TPSA) is 21.8 Å². The van der Waals surface area contributed by atoms with E-state index in [9.17, 15) is 0 Å². The molecular weight excluding hydrogens is 1340 g/mol. The van der Waals surface area contributed by atoms with Crippen LogP contribution in [0.4, 0.5) is 62.6 Å². The first-order valence-corrected chi connectivity index (χ1v) is 36.3. The maximum atomic E-state index is 3.68. The Labute approximate surface area is 623 Å². The van der Waals surface area contributed by atoms with Gasteiger partial charge < -0.3 is 20.0 Å². The molecule has 0 fully saturated rings. The average Bonchev–Trinajstić information content (AvgIpc) is 0.742. The van der Waals surface area contributed by atoms with Crippen LogP contribution in [0.1, 0.15) is 5.56 Å². The predicted octanol–water partition coefficient (Wildman–Crippen LogP) is 28.9. The highest BCUT2D eigenvalue weighted by molar-refractivity contribution is 9.10. The molecule has 0 spiro atoms. The van der Waals surface area contributed by atoms with E-state index in [2.05, 4.69) is 430 Å². The van der Waals surface area contributed by atoms with Crippen LogP contribution >= 0.6 is 15.9 Å². The standard InChI is InChI=1S/C50H36N2.C26H16Br.C24H20N2/c1-6-18-37(19-7-1)49-45-28-16-17-29-46(45)50(38-20-8-2-9-21-38)48-36-44(34-35-47(48)49)52(41-26-14-5-15-27-41)43-32-30-42(31-33-43)51(39-22-10-3-11-23-39)40-24-12-4-13-25-40;27-20-15-16-23-24(17-20)26(19-11-5-2-6-12-19)22-14-8-7-13-21(22)25(23)18-9-3-1-4-10-18;1-4-10-20(11-5-1)25-21-16-18-24(19-17-21)26(22-12-6-2-7-13-22)23-14-8-3-9-15-23/h1-36H;1,3-17H;1-19,25H/q;+1;. The number of allylic oxidation sites excluding steroid dienone is 6. The number of fused-ring (bicyclic) bond motifs is 4. The quantitative estimate of drug-likeness (QED) is 0.0816. The molecule has 17 aromatic rings. The number of halogens is 1. The van der Waals surface area contributed by atoms with Gasteiger partial charge in [0.15, 0.2) is 0 Å². The third-order valence-corrected chi connectivity index (χ3v) is 19.6. The molecule has 0 heterocycles. The van der Waals surface area contributed by atoms with Crippen molar-refractivity contribution in [2.45, 2.75) is 0 Å². The molecule has 105 heavy (non-hydrogen) atoms. The van der Waals surface area contributed by atoms with Gasteiger partial charge in [-0.25, -0.2) is 0 Å². The van der Waals surface area contributed by atoms with Crippen LogP contribution in [0.15, 0.2) is 435 Å². The molecule has 0 bridgehead atoms. The third-order valence-electron chi connectivity index (χ3n) is 19.1. The molecule has 0 saturated heterocycles. The molecule has 1 aliphatic carbocycles. The van der Waals surface area contributed by atoms with Crippen molar-refractivity contribution in [1.82, 2.24) is 0 Å². The lowest BCUT2D eigenvalue weighted by Gasteiger charge is -2.29. The summed E-state index contributed by atoms with van der Waals surface area (Å²) in [6.45, 7) is 0. The number of nitrogens with one attached hydrogen (secondary N) is 1. The summed E-state index contributed by atoms with van der Waals surface area (Å²) in [5.41, 5.74) is 22.1. The van der Waals surface area contributed by atoms with Crippen molar-refractivity contribution in [3.63, 3.8) is 0 Å². The summed E-state index contributed by atoms with van der Waals surface area (Å²) in [6.07, 6.45) is 11.4. The maximum Gasteiger partial charge on any atom is 0.103 e. The van der Waals surface area contributed by atoms with E-state index in [0.29, 0.717) is 0 Å². The van der Waals surface area contributed by atoms with E-state index in [4.69, 9.17) is 0 Å². The van der Waals surface area contributed by atoms with Crippen LogP contribution < -0.4 is 20.0 Å². The molecule has 17 aromatic carbocycles. The van der Waals surface area contributed by atoms with Gasteiger partial charge in [0.25, 0.3) is 0 Å². The number of benzene rings is 17. The van der Waals surface area contributed by atoms with Crippen molar-refractivity contribution in [1.29, 1.82) is 0 Å². The molecule has 0 aliphatic heterocycles. The molecule has 0 radical (unpaired) electrons. The summed E-state index contributed by atoms with van der Waals surface area (Å²) in [5.74, 6) is 0. The second kappa shape index (κ2) is 31.2. The van der Waals surface area contributed by atoms with E-state index < -0.39 is 0 Å². The van der Waals surface area contributed by atoms with Gasteiger partial charge in [0, 0.05) is 78.7 Å². The Balaban J connectivity index is 0.000000134. The Bertz CT molecular complexity index is 5800. The van der Waals surface area contributed by atoms with E-state index in [0.717, 1.165) is 67.0 Å². The number of nitrogens with zero attached hydrogens (tertiary/aromatic N) is 3. The molecule has 0 aromatic heterocycles. The minimum Gasteiger partial charge on any atom is -0.356 e. The SMILES string of the molecule is Brc1ccc2c(-c3ccccc3)c3ccccc3c(C3=CC=[C+]C=C3)c2c1.c1ccc(-c2c3ccccc3c(-c3ccccc3)c3cc(N(c4ccccc4)c4ccc(N(c5ccccc5)c5ccccc5)cc4)ccc23)cc1.c1ccc(Nc2ccc(N(c3ccccc3)c3ccccc3)cc2)cc1. The van der Waals surface area contributed by atoms with Crippen molar-refractivity contribution < 1.29 is 0 Å². The first-order chi connectivity index (χ1) is 52.1. The molecule has 1 N–H and O–H groups in total. The fraction of sp³-hybridized carbons (Fsp3) is 0. The van der Waals surface area contributed by atoms with Crippen LogP contribution in [0.25, 0.3) is 82.0 Å². The Morgan fingerprint density at radius 1 is 0.229 bits per heavy atom. The van der Waals surface area contributed by atoms with Crippen molar-refractivity contribution in [2.24, 2.45) is 0 Å². The number of para-hydroxylation sites is 6. The smallest absolute Gasteiger partial charge is 0.103 e. The zero-order valence-electron chi connectivity index (χ0n) is 57.7.